The van der Waals surface area contributed by atoms with Crippen molar-refractivity contribution in [2.75, 3.05) is 0 Å². The van der Waals surface area contributed by atoms with Crippen LogP contribution in [-0.2, 0) is 6.42 Å². The number of aryl methyl sites for hydroxylation is 1. The normalized spacial score (nSPS) is 18.0. The molecule has 0 radical (unpaired) electrons. The summed E-state index contributed by atoms with van der Waals surface area (Å²) in [6, 6.07) is 3.95. The highest BCUT2D eigenvalue weighted by Crippen LogP contribution is 2.48. The first-order chi connectivity index (χ1) is 9.76. The van der Waals surface area contributed by atoms with E-state index in [1.807, 2.05) is 19.9 Å². The van der Waals surface area contributed by atoms with Crippen LogP contribution in [0.25, 0.3) is 0 Å². The Morgan fingerprint density at radius 3 is 2.33 bits per heavy atom. The van der Waals surface area contributed by atoms with Gasteiger partial charge in [-0.15, -0.1) is 0 Å². The highest BCUT2D eigenvalue weighted by atomic mass is 19.1. The van der Waals surface area contributed by atoms with Crippen molar-refractivity contribution < 1.29 is 4.39 Å². The molecule has 0 amide bonds. The van der Waals surface area contributed by atoms with Gasteiger partial charge in [-0.25, -0.2) is 4.39 Å². The number of hydrogen-bond acceptors (Lipinski definition) is 0. The number of allylic oxidation sites excluding steroid dienone is 3. The van der Waals surface area contributed by atoms with E-state index in [1.165, 1.54) is 30.4 Å². The van der Waals surface area contributed by atoms with Gasteiger partial charge in [0.15, 0.2) is 0 Å². The van der Waals surface area contributed by atoms with Crippen molar-refractivity contribution in [1.29, 1.82) is 0 Å². The standard InChI is InChI=1S/C20H27F/c1-13(2)18(16(5)20(6)10-7-11-20)12-17-9-8-14(3)19(21)15(17)4/h8-9H,1,7,10-12H2,2-6H3/b18-16+. The Bertz CT molecular complexity index is 601. The molecule has 0 heterocycles. The summed E-state index contributed by atoms with van der Waals surface area (Å²) in [4.78, 5) is 0. The molecule has 1 fully saturated rings. The zero-order valence-electron chi connectivity index (χ0n) is 14.1. The zero-order chi connectivity index (χ0) is 15.8. The molecule has 0 atom stereocenters. The monoisotopic (exact) mass is 286 g/mol. The summed E-state index contributed by atoms with van der Waals surface area (Å²) in [6.07, 6.45) is 4.63. The molecule has 0 saturated heterocycles. The molecular formula is C20H27F. The minimum atomic E-state index is -0.0684. The SMILES string of the molecule is C=C(C)/C(Cc1ccc(C)c(F)c1C)=C(\C)C1(C)CCC1. The molecule has 1 aromatic carbocycles. The van der Waals surface area contributed by atoms with Crippen LogP contribution in [0.2, 0.25) is 0 Å². The van der Waals surface area contributed by atoms with Gasteiger partial charge < -0.3 is 0 Å². The van der Waals surface area contributed by atoms with Crippen LogP contribution in [0.5, 0.6) is 0 Å². The second kappa shape index (κ2) is 5.79. The first-order valence-corrected chi connectivity index (χ1v) is 7.87. The highest BCUT2D eigenvalue weighted by Gasteiger charge is 2.34. The van der Waals surface area contributed by atoms with Crippen molar-refractivity contribution in [3.05, 3.63) is 57.9 Å². The molecule has 0 aromatic heterocycles. The van der Waals surface area contributed by atoms with Gasteiger partial charge in [0.05, 0.1) is 0 Å². The van der Waals surface area contributed by atoms with Crippen LogP contribution in [-0.4, -0.2) is 0 Å². The van der Waals surface area contributed by atoms with E-state index < -0.39 is 0 Å². The smallest absolute Gasteiger partial charge is 0.129 e. The van der Waals surface area contributed by atoms with Crippen molar-refractivity contribution >= 4 is 0 Å². The van der Waals surface area contributed by atoms with Crippen LogP contribution in [0.4, 0.5) is 4.39 Å². The number of halogens is 1. The molecule has 1 aliphatic carbocycles. The van der Waals surface area contributed by atoms with Gasteiger partial charge >= 0.3 is 0 Å². The van der Waals surface area contributed by atoms with Gasteiger partial charge in [-0.3, -0.25) is 0 Å². The Balaban J connectivity index is 2.40. The lowest BCUT2D eigenvalue weighted by Crippen LogP contribution is -2.28. The van der Waals surface area contributed by atoms with E-state index in [0.29, 0.717) is 5.41 Å². The lowest BCUT2D eigenvalue weighted by Gasteiger charge is -2.41. The van der Waals surface area contributed by atoms with Gasteiger partial charge in [-0.2, -0.15) is 0 Å². The van der Waals surface area contributed by atoms with Crippen LogP contribution < -0.4 is 0 Å². The molecule has 0 aliphatic heterocycles. The second-order valence-corrected chi connectivity index (χ2v) is 6.96. The fraction of sp³-hybridized carbons (Fsp3) is 0.500. The first kappa shape index (κ1) is 16.0. The van der Waals surface area contributed by atoms with Gasteiger partial charge in [0.2, 0.25) is 0 Å². The van der Waals surface area contributed by atoms with Crippen molar-refractivity contribution in [1.82, 2.24) is 0 Å². The van der Waals surface area contributed by atoms with Crippen LogP contribution >= 0.6 is 0 Å². The Morgan fingerprint density at radius 1 is 1.24 bits per heavy atom. The van der Waals surface area contributed by atoms with Crippen LogP contribution in [0.1, 0.15) is 56.7 Å². The number of benzene rings is 1. The summed E-state index contributed by atoms with van der Waals surface area (Å²) >= 11 is 0. The molecule has 1 heteroatoms. The van der Waals surface area contributed by atoms with Gasteiger partial charge in [0, 0.05) is 0 Å². The van der Waals surface area contributed by atoms with Crippen molar-refractivity contribution in [2.45, 2.75) is 60.3 Å². The molecule has 0 spiro atoms. The van der Waals surface area contributed by atoms with E-state index in [-0.39, 0.29) is 5.82 Å². The van der Waals surface area contributed by atoms with Crippen molar-refractivity contribution in [3.8, 4) is 0 Å². The van der Waals surface area contributed by atoms with Gasteiger partial charge in [-0.1, -0.05) is 43.2 Å². The fourth-order valence-electron chi connectivity index (χ4n) is 3.29. The van der Waals surface area contributed by atoms with Gasteiger partial charge in [0.25, 0.3) is 0 Å². The third kappa shape index (κ3) is 2.97. The minimum absolute atomic E-state index is 0.0684. The van der Waals surface area contributed by atoms with Gasteiger partial charge in [0.1, 0.15) is 5.82 Å². The largest absolute Gasteiger partial charge is 0.206 e. The second-order valence-electron chi connectivity index (χ2n) is 6.96. The topological polar surface area (TPSA) is 0 Å². The highest BCUT2D eigenvalue weighted by molar-refractivity contribution is 5.42. The van der Waals surface area contributed by atoms with Crippen LogP contribution in [0, 0.1) is 25.1 Å². The summed E-state index contributed by atoms with van der Waals surface area (Å²) in [5, 5.41) is 0. The van der Waals surface area contributed by atoms with E-state index in [4.69, 9.17) is 0 Å². The summed E-state index contributed by atoms with van der Waals surface area (Å²) in [5.74, 6) is -0.0684. The quantitative estimate of drug-likeness (QED) is 0.589. The third-order valence-corrected chi connectivity index (χ3v) is 5.39. The minimum Gasteiger partial charge on any atom is -0.206 e. The van der Waals surface area contributed by atoms with E-state index in [0.717, 1.165) is 28.7 Å². The van der Waals surface area contributed by atoms with Crippen LogP contribution in [0.3, 0.4) is 0 Å². The molecule has 0 unspecified atom stereocenters. The molecule has 1 aromatic rings. The summed E-state index contributed by atoms with van der Waals surface area (Å²) < 4.78 is 14.1. The third-order valence-electron chi connectivity index (χ3n) is 5.39. The van der Waals surface area contributed by atoms with E-state index in [2.05, 4.69) is 33.4 Å². The number of rotatable bonds is 4. The Kier molecular flexibility index (Phi) is 4.41. The lowest BCUT2D eigenvalue weighted by atomic mass is 9.64. The molecule has 1 aliphatic rings. The predicted octanol–water partition coefficient (Wildman–Crippen LogP) is 6.07. The molecule has 114 valence electrons. The Labute approximate surface area is 128 Å². The average molecular weight is 286 g/mol. The van der Waals surface area contributed by atoms with E-state index >= 15 is 0 Å². The molecule has 0 N–H and O–H groups in total. The molecule has 0 nitrogen and oxygen atoms in total. The van der Waals surface area contributed by atoms with Crippen molar-refractivity contribution in [2.24, 2.45) is 5.41 Å². The summed E-state index contributed by atoms with van der Waals surface area (Å²) in [6.45, 7) is 14.5. The Hall–Kier alpha value is -1.37. The first-order valence-electron chi connectivity index (χ1n) is 7.87. The zero-order valence-corrected chi connectivity index (χ0v) is 14.1. The molecule has 0 bridgehead atoms. The van der Waals surface area contributed by atoms with E-state index in [1.54, 1.807) is 0 Å². The van der Waals surface area contributed by atoms with Crippen molar-refractivity contribution in [3.63, 3.8) is 0 Å². The summed E-state index contributed by atoms with van der Waals surface area (Å²) in [5.41, 5.74) is 6.77. The molecule has 21 heavy (non-hydrogen) atoms. The van der Waals surface area contributed by atoms with E-state index in [9.17, 15) is 4.39 Å². The predicted molar refractivity (Wildman–Crippen MR) is 89.1 cm³/mol. The van der Waals surface area contributed by atoms with Gasteiger partial charge in [-0.05, 0) is 74.6 Å². The van der Waals surface area contributed by atoms with Crippen LogP contribution in [0.15, 0.2) is 35.4 Å². The molecular weight excluding hydrogens is 259 g/mol. The number of hydrogen-bond donors (Lipinski definition) is 0. The Morgan fingerprint density at radius 2 is 1.86 bits per heavy atom. The average Bonchev–Trinajstić information content (AvgIpc) is 2.40. The maximum absolute atomic E-state index is 14.1. The molecule has 1 saturated carbocycles. The summed E-state index contributed by atoms with van der Waals surface area (Å²) in [7, 11) is 0. The fourth-order valence-corrected chi connectivity index (χ4v) is 3.29. The maximum Gasteiger partial charge on any atom is 0.129 e. The maximum atomic E-state index is 14.1. The molecule has 2 rings (SSSR count). The lowest BCUT2D eigenvalue weighted by molar-refractivity contribution is 0.213.